The molecule has 0 bridgehead atoms. The molecule has 1 atom stereocenters. The van der Waals surface area contributed by atoms with E-state index < -0.39 is 37.0 Å². The summed E-state index contributed by atoms with van der Waals surface area (Å²) in [5.74, 6) is 0.402. The second-order valence-electron chi connectivity index (χ2n) is 10.1. The van der Waals surface area contributed by atoms with Crippen LogP contribution in [0.15, 0.2) is 36.4 Å². The fraction of sp³-hybridized carbons (Fsp3) is 0.444. The van der Waals surface area contributed by atoms with Gasteiger partial charge in [0.1, 0.15) is 6.10 Å². The third-order valence-electron chi connectivity index (χ3n) is 6.04. The van der Waals surface area contributed by atoms with Crippen molar-refractivity contribution in [3.63, 3.8) is 0 Å². The Hall–Kier alpha value is -3.37. The third kappa shape index (κ3) is 8.42. The van der Waals surface area contributed by atoms with Gasteiger partial charge in [-0.05, 0) is 35.4 Å². The molecular formula is C27H25F7N2O7V. The molecule has 1 fully saturated rings. The van der Waals surface area contributed by atoms with Gasteiger partial charge in [0.15, 0.2) is 23.0 Å². The standard InChI is InChI=1S/C23H16F7N2O7.C4H9.V/c24-21(25,26)18(11-33)35-20(34)32-7-5-31(6-8-32)19(12-1-3-14-16(9-12)38-22(27,28)36-14)13-2-4-15-17(10-13)39-23(29,30)37-15;1-4(2)3;/h1-4,9-10,18-19H,5-8H2;1-3H3;/q2*-1;+2. The van der Waals surface area contributed by atoms with Crippen molar-refractivity contribution in [1.29, 1.82) is 0 Å². The zero-order chi connectivity index (χ0) is 31.7. The first-order valence-electron chi connectivity index (χ1n) is 12.7. The van der Waals surface area contributed by atoms with Crippen LogP contribution < -0.4 is 18.9 Å². The number of carbonyl (C=O) groups excluding carboxylic acids is 2. The van der Waals surface area contributed by atoms with E-state index in [0.717, 1.165) is 4.90 Å². The average molecular weight is 673 g/mol. The summed E-state index contributed by atoms with van der Waals surface area (Å²) in [6.07, 6.45) is -16.7. The van der Waals surface area contributed by atoms with Gasteiger partial charge in [-0.15, -0.1) is 17.6 Å². The van der Waals surface area contributed by atoms with Crippen molar-refractivity contribution in [2.45, 2.75) is 51.7 Å². The van der Waals surface area contributed by atoms with Gasteiger partial charge >= 0.3 is 43.4 Å². The van der Waals surface area contributed by atoms with Crippen LogP contribution in [-0.2, 0) is 28.1 Å². The monoisotopic (exact) mass is 673 g/mol. The largest absolute Gasteiger partial charge is 2.00 e. The molecule has 2 aromatic rings. The third-order valence-corrected chi connectivity index (χ3v) is 6.04. The van der Waals surface area contributed by atoms with Crippen molar-refractivity contribution >= 4 is 12.4 Å². The van der Waals surface area contributed by atoms with E-state index in [1.807, 2.05) is 0 Å². The predicted octanol–water partition coefficient (Wildman–Crippen LogP) is 5.83. The molecule has 1 radical (unpaired) electrons. The van der Waals surface area contributed by atoms with E-state index >= 15 is 0 Å². The minimum Gasteiger partial charge on any atom is -0.538 e. The molecule has 0 spiro atoms. The van der Waals surface area contributed by atoms with Crippen LogP contribution in [0.4, 0.5) is 35.5 Å². The zero-order valence-electron chi connectivity index (χ0n) is 23.3. The maximum Gasteiger partial charge on any atom is 2.00 e. The Labute approximate surface area is 259 Å². The van der Waals surface area contributed by atoms with Gasteiger partial charge in [-0.3, -0.25) is 4.90 Å². The summed E-state index contributed by atoms with van der Waals surface area (Å²) in [7, 11) is 0. The molecule has 5 rings (SSSR count). The summed E-state index contributed by atoms with van der Waals surface area (Å²) in [6.45, 7) is 6.00. The fourth-order valence-corrected chi connectivity index (χ4v) is 4.38. The first-order valence-corrected chi connectivity index (χ1v) is 12.7. The van der Waals surface area contributed by atoms with Gasteiger partial charge < -0.3 is 39.3 Å². The van der Waals surface area contributed by atoms with Crippen molar-refractivity contribution in [2.24, 2.45) is 0 Å². The molecule has 3 aliphatic rings. The number of nitrogens with zero attached hydrogens (tertiary/aromatic N) is 2. The first-order chi connectivity index (χ1) is 20.0. The first kappa shape index (κ1) is 35.1. The molecule has 2 aromatic carbocycles. The number of rotatable bonds is 5. The maximum atomic E-state index is 13.6. The molecular weight excluding hydrogens is 648 g/mol. The number of halogens is 7. The van der Waals surface area contributed by atoms with Crippen LogP contribution in [0, 0.1) is 5.92 Å². The van der Waals surface area contributed by atoms with Crippen LogP contribution in [0.5, 0.6) is 23.0 Å². The molecule has 17 heteroatoms. The average Bonchev–Trinajstić information content (AvgIpc) is 3.38. The number of amides is 1. The summed E-state index contributed by atoms with van der Waals surface area (Å²) in [5.41, 5.74) is 0.730. The molecule has 0 aromatic heterocycles. The van der Waals surface area contributed by atoms with Crippen molar-refractivity contribution in [1.82, 2.24) is 9.80 Å². The molecule has 9 nitrogen and oxygen atoms in total. The van der Waals surface area contributed by atoms with Crippen LogP contribution in [0.1, 0.15) is 37.9 Å². The SMILES string of the molecule is C[C-](C)C.O=[C-]C(OC(=O)N1CCN(C(c2ccc3c(c2)OC(F)(F)O3)c2ccc3c(c2)OC(F)(F)O3)CC1)C(F)(F)F.[V+2]. The number of hydrogen-bond donors (Lipinski definition) is 0. The molecule has 0 aliphatic carbocycles. The Morgan fingerprint density at radius 2 is 1.25 bits per heavy atom. The Balaban J connectivity index is 0.000000998. The Bertz CT molecular complexity index is 1270. The van der Waals surface area contributed by atoms with E-state index in [0.29, 0.717) is 17.4 Å². The summed E-state index contributed by atoms with van der Waals surface area (Å²) in [6, 6.07) is 7.11. The van der Waals surface area contributed by atoms with Gasteiger partial charge in [0.2, 0.25) is 0 Å². The van der Waals surface area contributed by atoms with Crippen LogP contribution in [0.25, 0.3) is 0 Å². The topological polar surface area (TPSA) is 86.8 Å². The fourth-order valence-electron chi connectivity index (χ4n) is 4.38. The minimum atomic E-state index is -5.13. The van der Waals surface area contributed by atoms with E-state index in [2.05, 4.69) is 44.5 Å². The number of carbonyl (C=O) groups is 1. The second-order valence-corrected chi connectivity index (χ2v) is 10.1. The summed E-state index contributed by atoms with van der Waals surface area (Å²) in [5, 5.41) is 0. The van der Waals surface area contributed by atoms with E-state index in [1.54, 1.807) is 4.90 Å². The van der Waals surface area contributed by atoms with Crippen LogP contribution >= 0.6 is 0 Å². The molecule has 44 heavy (non-hydrogen) atoms. The predicted molar refractivity (Wildman–Crippen MR) is 133 cm³/mol. The number of piperazine rings is 1. The Kier molecular flexibility index (Phi) is 10.6. The molecule has 1 unspecified atom stereocenters. The smallest absolute Gasteiger partial charge is 0.538 e. The van der Waals surface area contributed by atoms with Gasteiger partial charge in [-0.1, -0.05) is 12.1 Å². The second kappa shape index (κ2) is 13.3. The van der Waals surface area contributed by atoms with Gasteiger partial charge in [-0.2, -0.15) is 33.9 Å². The van der Waals surface area contributed by atoms with E-state index in [1.165, 1.54) is 42.3 Å². The summed E-state index contributed by atoms with van der Waals surface area (Å²) >= 11 is 0. The normalized spacial score (nSPS) is 18.7. The van der Waals surface area contributed by atoms with Gasteiger partial charge in [0, 0.05) is 26.2 Å². The Morgan fingerprint density at radius 1 is 0.841 bits per heavy atom. The molecule has 3 aliphatic heterocycles. The zero-order valence-corrected chi connectivity index (χ0v) is 24.7. The van der Waals surface area contributed by atoms with E-state index in [9.17, 15) is 40.3 Å². The van der Waals surface area contributed by atoms with Crippen LogP contribution in [0.2, 0.25) is 0 Å². The van der Waals surface area contributed by atoms with Crippen molar-refractivity contribution in [3.05, 3.63) is 53.4 Å². The molecule has 0 N–H and O–H groups in total. The number of benzene rings is 2. The quantitative estimate of drug-likeness (QED) is 0.290. The number of alkyl halides is 7. The number of fused-ring (bicyclic) bond motifs is 2. The van der Waals surface area contributed by atoms with Gasteiger partial charge in [0.05, 0.1) is 6.04 Å². The molecule has 239 valence electrons. The van der Waals surface area contributed by atoms with Crippen molar-refractivity contribution < 1.29 is 82.6 Å². The van der Waals surface area contributed by atoms with Crippen molar-refractivity contribution in [3.8, 4) is 23.0 Å². The number of ether oxygens (including phenoxy) is 5. The molecule has 1 saturated heterocycles. The molecule has 1 amide bonds. The molecule has 0 saturated carbocycles. The van der Waals surface area contributed by atoms with E-state index in [4.69, 9.17) is 0 Å². The summed E-state index contributed by atoms with van der Waals surface area (Å²) in [4.78, 5) is 25.5. The Morgan fingerprint density at radius 3 is 1.64 bits per heavy atom. The maximum absolute atomic E-state index is 13.6. The molecule has 3 heterocycles. The van der Waals surface area contributed by atoms with Gasteiger partial charge in [-0.25, -0.2) is 11.1 Å². The minimum absolute atomic E-state index is 0. The van der Waals surface area contributed by atoms with Crippen LogP contribution in [0.3, 0.4) is 0 Å². The van der Waals surface area contributed by atoms with Gasteiger partial charge in [0.25, 0.3) is 0 Å². The van der Waals surface area contributed by atoms with Crippen molar-refractivity contribution in [2.75, 3.05) is 26.2 Å². The van der Waals surface area contributed by atoms with E-state index in [-0.39, 0.29) is 67.7 Å². The number of hydrogen-bond acceptors (Lipinski definition) is 8. The van der Waals surface area contributed by atoms with Crippen LogP contribution in [-0.4, -0.2) is 73.2 Å². The summed E-state index contributed by atoms with van der Waals surface area (Å²) < 4.78 is 115.